The van der Waals surface area contributed by atoms with Crippen LogP contribution in [0.2, 0.25) is 0 Å². The van der Waals surface area contributed by atoms with Crippen LogP contribution in [0.3, 0.4) is 0 Å². The highest BCUT2D eigenvalue weighted by Crippen LogP contribution is 2.26. The van der Waals surface area contributed by atoms with Crippen molar-refractivity contribution in [2.24, 2.45) is 0 Å². The number of amides is 1. The summed E-state index contributed by atoms with van der Waals surface area (Å²) in [5.41, 5.74) is 0.306. The molecule has 0 bridgehead atoms. The molecule has 0 aliphatic carbocycles. The highest BCUT2D eigenvalue weighted by atomic mass is 35.7. The van der Waals surface area contributed by atoms with Gasteiger partial charge in [0.25, 0.3) is 15.0 Å². The Balaban J connectivity index is 2.15. The first-order valence-electron chi connectivity index (χ1n) is 5.75. The van der Waals surface area contributed by atoms with E-state index in [4.69, 9.17) is 20.2 Å². The van der Waals surface area contributed by atoms with Gasteiger partial charge < -0.3 is 14.4 Å². The molecule has 0 radical (unpaired) electrons. The first-order chi connectivity index (χ1) is 9.36. The van der Waals surface area contributed by atoms with Gasteiger partial charge >= 0.3 is 0 Å². The summed E-state index contributed by atoms with van der Waals surface area (Å²) >= 11 is 0.927. The van der Waals surface area contributed by atoms with Crippen molar-refractivity contribution in [2.75, 3.05) is 27.3 Å². The molecule has 0 saturated carbocycles. The molecule has 9 heteroatoms. The molecule has 1 amide bonds. The van der Waals surface area contributed by atoms with Gasteiger partial charge in [0.1, 0.15) is 16.4 Å². The Labute approximate surface area is 125 Å². The van der Waals surface area contributed by atoms with Gasteiger partial charge in [-0.1, -0.05) is 0 Å². The highest BCUT2D eigenvalue weighted by molar-refractivity contribution is 8.15. The number of thiophene rings is 1. The summed E-state index contributed by atoms with van der Waals surface area (Å²) in [5, 5.41) is 1.49. The summed E-state index contributed by atoms with van der Waals surface area (Å²) in [6.45, 7) is 0.819. The smallest absolute Gasteiger partial charge is 0.270 e. The standard InChI is InChI=1S/C11H14ClNO5S2/c1-17-8-4-13(5-9(8)18-2)11(14)7-3-10(19-6-7)20(12,15)16/h3,6,8-9H,4-5H2,1-2H3. The molecule has 1 aliphatic heterocycles. The van der Waals surface area contributed by atoms with E-state index in [2.05, 4.69) is 0 Å². The van der Waals surface area contributed by atoms with Gasteiger partial charge in [0, 0.05) is 43.4 Å². The molecule has 1 aromatic heterocycles. The zero-order valence-corrected chi connectivity index (χ0v) is 13.3. The minimum absolute atomic E-state index is 0.0340. The molecule has 1 aliphatic rings. The maximum atomic E-state index is 12.3. The number of rotatable bonds is 4. The van der Waals surface area contributed by atoms with Crippen molar-refractivity contribution < 1.29 is 22.7 Å². The molecule has 2 atom stereocenters. The predicted molar refractivity (Wildman–Crippen MR) is 74.9 cm³/mol. The largest absolute Gasteiger partial charge is 0.377 e. The van der Waals surface area contributed by atoms with Gasteiger partial charge in [-0.25, -0.2) is 8.42 Å². The summed E-state index contributed by atoms with van der Waals surface area (Å²) in [5.74, 6) is -0.255. The number of carbonyl (C=O) groups excluding carboxylic acids is 1. The molecule has 1 saturated heterocycles. The summed E-state index contributed by atoms with van der Waals surface area (Å²) in [6, 6.07) is 1.29. The molecule has 20 heavy (non-hydrogen) atoms. The minimum Gasteiger partial charge on any atom is -0.377 e. The number of methoxy groups -OCH3 is 2. The van der Waals surface area contributed by atoms with E-state index in [1.165, 1.54) is 11.4 Å². The van der Waals surface area contributed by atoms with Crippen LogP contribution >= 0.6 is 22.0 Å². The molecular formula is C11H14ClNO5S2. The second-order valence-electron chi connectivity index (χ2n) is 4.35. The first-order valence-corrected chi connectivity index (χ1v) is 8.93. The van der Waals surface area contributed by atoms with Gasteiger partial charge in [0.15, 0.2) is 0 Å². The first kappa shape index (κ1) is 15.7. The fourth-order valence-corrected chi connectivity index (χ4v) is 4.04. The molecule has 0 aromatic carbocycles. The SMILES string of the molecule is COC1CN(C(=O)c2csc(S(=O)(=O)Cl)c2)CC1OC. The zero-order valence-electron chi connectivity index (χ0n) is 10.9. The second-order valence-corrected chi connectivity index (χ2v) is 8.05. The van der Waals surface area contributed by atoms with Crippen LogP contribution in [-0.4, -0.2) is 58.7 Å². The quantitative estimate of drug-likeness (QED) is 0.770. The Morgan fingerprint density at radius 2 is 1.90 bits per heavy atom. The van der Waals surface area contributed by atoms with Crippen molar-refractivity contribution in [3.05, 3.63) is 17.0 Å². The number of ether oxygens (including phenoxy) is 2. The van der Waals surface area contributed by atoms with Crippen LogP contribution in [0.4, 0.5) is 0 Å². The zero-order chi connectivity index (χ0) is 14.9. The van der Waals surface area contributed by atoms with Crippen LogP contribution < -0.4 is 0 Å². The molecule has 2 unspecified atom stereocenters. The molecule has 2 heterocycles. The fourth-order valence-electron chi connectivity index (χ4n) is 2.10. The van der Waals surface area contributed by atoms with Gasteiger partial charge in [0.2, 0.25) is 0 Å². The van der Waals surface area contributed by atoms with E-state index in [0.717, 1.165) is 11.3 Å². The predicted octanol–water partition coefficient (Wildman–Crippen LogP) is 1.16. The lowest BCUT2D eigenvalue weighted by atomic mass is 10.3. The monoisotopic (exact) mass is 339 g/mol. The molecule has 2 rings (SSSR count). The Kier molecular flexibility index (Phi) is 4.70. The van der Waals surface area contributed by atoms with Crippen molar-refractivity contribution in [2.45, 2.75) is 16.4 Å². The fraction of sp³-hybridized carbons (Fsp3) is 0.545. The van der Waals surface area contributed by atoms with E-state index in [-0.39, 0.29) is 22.3 Å². The van der Waals surface area contributed by atoms with Crippen molar-refractivity contribution in [1.29, 1.82) is 0 Å². The van der Waals surface area contributed by atoms with Crippen LogP contribution in [0.5, 0.6) is 0 Å². The maximum absolute atomic E-state index is 12.3. The summed E-state index contributed by atoms with van der Waals surface area (Å²) < 4.78 is 32.9. The molecule has 0 spiro atoms. The number of carbonyl (C=O) groups is 1. The van der Waals surface area contributed by atoms with E-state index >= 15 is 0 Å². The average molecular weight is 340 g/mol. The normalized spacial score (nSPS) is 23.2. The van der Waals surface area contributed by atoms with Crippen LogP contribution in [0.15, 0.2) is 15.7 Å². The van der Waals surface area contributed by atoms with Crippen molar-refractivity contribution in [3.8, 4) is 0 Å². The Morgan fingerprint density at radius 3 is 2.30 bits per heavy atom. The third kappa shape index (κ3) is 3.15. The van der Waals surface area contributed by atoms with E-state index in [1.807, 2.05) is 0 Å². The van der Waals surface area contributed by atoms with Crippen molar-refractivity contribution in [1.82, 2.24) is 4.90 Å². The minimum atomic E-state index is -3.80. The van der Waals surface area contributed by atoms with Gasteiger partial charge in [-0.3, -0.25) is 4.79 Å². The number of halogens is 1. The molecule has 1 aromatic rings. The van der Waals surface area contributed by atoms with Gasteiger partial charge in [-0.05, 0) is 6.07 Å². The van der Waals surface area contributed by atoms with Crippen LogP contribution in [0.25, 0.3) is 0 Å². The third-order valence-corrected chi connectivity index (χ3v) is 6.21. The Morgan fingerprint density at radius 1 is 1.35 bits per heavy atom. The summed E-state index contributed by atoms with van der Waals surface area (Å²) in [4.78, 5) is 13.9. The van der Waals surface area contributed by atoms with Crippen LogP contribution in [-0.2, 0) is 18.5 Å². The number of likely N-dealkylation sites (tertiary alicyclic amines) is 1. The lowest BCUT2D eigenvalue weighted by Crippen LogP contribution is -2.29. The molecule has 112 valence electrons. The Hall–Kier alpha value is -0.670. The lowest BCUT2D eigenvalue weighted by molar-refractivity contribution is -0.00461. The highest BCUT2D eigenvalue weighted by Gasteiger charge is 2.36. The molecular weight excluding hydrogens is 326 g/mol. The van der Waals surface area contributed by atoms with Gasteiger partial charge in [-0.15, -0.1) is 11.3 Å². The van der Waals surface area contributed by atoms with Crippen molar-refractivity contribution >= 4 is 37.0 Å². The lowest BCUT2D eigenvalue weighted by Gasteiger charge is -2.14. The van der Waals surface area contributed by atoms with Gasteiger partial charge in [0.05, 0.1) is 5.56 Å². The van der Waals surface area contributed by atoms with Crippen molar-refractivity contribution in [3.63, 3.8) is 0 Å². The van der Waals surface area contributed by atoms with E-state index in [9.17, 15) is 13.2 Å². The summed E-state index contributed by atoms with van der Waals surface area (Å²) in [6.07, 6.45) is -0.363. The van der Waals surface area contributed by atoms with Gasteiger partial charge in [-0.2, -0.15) is 0 Å². The molecule has 0 N–H and O–H groups in total. The number of nitrogens with zero attached hydrogens (tertiary/aromatic N) is 1. The van der Waals surface area contributed by atoms with E-state index in [0.29, 0.717) is 18.7 Å². The molecule has 1 fully saturated rings. The maximum Gasteiger partial charge on any atom is 0.270 e. The summed E-state index contributed by atoms with van der Waals surface area (Å²) in [7, 11) is 4.57. The van der Waals surface area contributed by atoms with E-state index in [1.54, 1.807) is 19.1 Å². The molecule has 6 nitrogen and oxygen atoms in total. The van der Waals surface area contributed by atoms with Crippen LogP contribution in [0, 0.1) is 0 Å². The van der Waals surface area contributed by atoms with Crippen LogP contribution in [0.1, 0.15) is 10.4 Å². The topological polar surface area (TPSA) is 72.9 Å². The Bertz CT molecular complexity index is 588. The number of hydrogen-bond donors (Lipinski definition) is 0. The second kappa shape index (κ2) is 5.98. The number of hydrogen-bond acceptors (Lipinski definition) is 6. The van der Waals surface area contributed by atoms with E-state index < -0.39 is 9.05 Å². The third-order valence-electron chi connectivity index (χ3n) is 3.17. The average Bonchev–Trinajstić information content (AvgIpc) is 3.03.